The number of amides is 1. The number of nitro groups is 1. The van der Waals surface area contributed by atoms with Crippen LogP contribution in [0.2, 0.25) is 0 Å². The molecule has 0 radical (unpaired) electrons. The lowest BCUT2D eigenvalue weighted by molar-refractivity contribution is -0.385. The standard InChI is InChI=1S/C13H7BrF2N2O3/c14-9-3-1-7(5-12(9)18(20)21)13(19)17-8-2-4-10(15)11(16)6-8/h1-6H,(H,17,19). The summed E-state index contributed by atoms with van der Waals surface area (Å²) in [7, 11) is 0. The molecule has 0 aromatic heterocycles. The lowest BCUT2D eigenvalue weighted by atomic mass is 10.2. The molecule has 0 spiro atoms. The Bertz CT molecular complexity index is 737. The van der Waals surface area contributed by atoms with E-state index in [4.69, 9.17) is 0 Å². The van der Waals surface area contributed by atoms with Gasteiger partial charge >= 0.3 is 0 Å². The maximum Gasteiger partial charge on any atom is 0.284 e. The van der Waals surface area contributed by atoms with Gasteiger partial charge in [0.25, 0.3) is 11.6 Å². The first kappa shape index (κ1) is 15.0. The summed E-state index contributed by atoms with van der Waals surface area (Å²) in [6, 6.07) is 6.68. The fourth-order valence-electron chi connectivity index (χ4n) is 1.57. The molecule has 0 saturated carbocycles. The Balaban J connectivity index is 2.26. The molecule has 108 valence electrons. The molecular formula is C13H7BrF2N2O3. The molecule has 1 amide bonds. The van der Waals surface area contributed by atoms with Gasteiger partial charge in [-0.25, -0.2) is 8.78 Å². The van der Waals surface area contributed by atoms with Crippen LogP contribution < -0.4 is 5.32 Å². The average molecular weight is 357 g/mol. The Morgan fingerprint density at radius 2 is 1.86 bits per heavy atom. The first-order chi connectivity index (χ1) is 9.88. The smallest absolute Gasteiger partial charge is 0.284 e. The van der Waals surface area contributed by atoms with Gasteiger partial charge in [-0.05, 0) is 40.2 Å². The van der Waals surface area contributed by atoms with Crippen molar-refractivity contribution in [2.75, 3.05) is 5.32 Å². The van der Waals surface area contributed by atoms with Crippen LogP contribution in [0, 0.1) is 21.7 Å². The number of halogens is 3. The largest absolute Gasteiger partial charge is 0.322 e. The highest BCUT2D eigenvalue weighted by molar-refractivity contribution is 9.10. The lowest BCUT2D eigenvalue weighted by Crippen LogP contribution is -2.12. The van der Waals surface area contributed by atoms with Crippen molar-refractivity contribution in [1.29, 1.82) is 0 Å². The molecule has 0 aliphatic rings. The van der Waals surface area contributed by atoms with Gasteiger partial charge in [-0.2, -0.15) is 0 Å². The van der Waals surface area contributed by atoms with Crippen molar-refractivity contribution >= 4 is 33.2 Å². The van der Waals surface area contributed by atoms with E-state index >= 15 is 0 Å². The molecule has 0 fully saturated rings. The third-order valence-corrected chi connectivity index (χ3v) is 3.25. The van der Waals surface area contributed by atoms with Crippen molar-refractivity contribution in [2.24, 2.45) is 0 Å². The van der Waals surface area contributed by atoms with Gasteiger partial charge in [0.2, 0.25) is 0 Å². The third-order valence-electron chi connectivity index (χ3n) is 2.58. The quantitative estimate of drug-likeness (QED) is 0.669. The number of rotatable bonds is 3. The number of anilines is 1. The van der Waals surface area contributed by atoms with Crippen molar-refractivity contribution in [3.8, 4) is 0 Å². The first-order valence-corrected chi connectivity index (χ1v) is 6.38. The summed E-state index contributed by atoms with van der Waals surface area (Å²) >= 11 is 3.00. The molecule has 0 bridgehead atoms. The minimum atomic E-state index is -1.10. The van der Waals surface area contributed by atoms with Crippen LogP contribution in [0.15, 0.2) is 40.9 Å². The highest BCUT2D eigenvalue weighted by atomic mass is 79.9. The van der Waals surface area contributed by atoms with Gasteiger partial charge in [-0.15, -0.1) is 0 Å². The zero-order valence-corrected chi connectivity index (χ0v) is 11.9. The zero-order valence-electron chi connectivity index (χ0n) is 10.3. The maximum absolute atomic E-state index is 13.0. The van der Waals surface area contributed by atoms with E-state index in [9.17, 15) is 23.7 Å². The van der Waals surface area contributed by atoms with Gasteiger partial charge in [0.1, 0.15) is 0 Å². The van der Waals surface area contributed by atoms with E-state index < -0.39 is 22.5 Å². The number of carbonyl (C=O) groups excluding carboxylic acids is 1. The summed E-state index contributed by atoms with van der Waals surface area (Å²) in [5.41, 5.74) is -0.202. The molecular weight excluding hydrogens is 350 g/mol. The topological polar surface area (TPSA) is 72.2 Å². The van der Waals surface area contributed by atoms with E-state index in [1.165, 1.54) is 18.2 Å². The molecule has 0 unspecified atom stereocenters. The van der Waals surface area contributed by atoms with Gasteiger partial charge in [0, 0.05) is 23.4 Å². The van der Waals surface area contributed by atoms with Crippen molar-refractivity contribution in [3.63, 3.8) is 0 Å². The normalized spacial score (nSPS) is 10.2. The van der Waals surface area contributed by atoms with E-state index in [2.05, 4.69) is 21.2 Å². The lowest BCUT2D eigenvalue weighted by Gasteiger charge is -2.06. The Labute approximate surface area is 125 Å². The molecule has 8 heteroatoms. The number of carbonyl (C=O) groups is 1. The zero-order chi connectivity index (χ0) is 15.6. The van der Waals surface area contributed by atoms with Gasteiger partial charge in [0.05, 0.1) is 9.40 Å². The molecule has 2 aromatic rings. The van der Waals surface area contributed by atoms with Gasteiger partial charge in [-0.3, -0.25) is 14.9 Å². The van der Waals surface area contributed by atoms with Gasteiger partial charge < -0.3 is 5.32 Å². The SMILES string of the molecule is O=C(Nc1ccc(F)c(F)c1)c1ccc(Br)c([N+](=O)[O-])c1. The van der Waals surface area contributed by atoms with Gasteiger partial charge in [0.15, 0.2) is 11.6 Å². The van der Waals surface area contributed by atoms with Crippen LogP contribution in [0.5, 0.6) is 0 Å². The predicted octanol–water partition coefficient (Wildman–Crippen LogP) is 3.89. The molecule has 2 aromatic carbocycles. The predicted molar refractivity (Wildman–Crippen MR) is 75.1 cm³/mol. The van der Waals surface area contributed by atoms with Crippen LogP contribution in [0.25, 0.3) is 0 Å². The molecule has 0 aliphatic carbocycles. The van der Waals surface area contributed by atoms with Crippen LogP contribution in [0.4, 0.5) is 20.2 Å². The number of nitrogens with zero attached hydrogens (tertiary/aromatic N) is 1. The van der Waals surface area contributed by atoms with Crippen LogP contribution in [0.3, 0.4) is 0 Å². The Kier molecular flexibility index (Phi) is 4.27. The number of nitrogens with one attached hydrogen (secondary N) is 1. The highest BCUT2D eigenvalue weighted by Gasteiger charge is 2.16. The Hall–Kier alpha value is -2.35. The summed E-state index contributed by atoms with van der Waals surface area (Å²) in [5, 5.41) is 13.1. The number of nitro benzene ring substituents is 1. The van der Waals surface area contributed by atoms with E-state index in [-0.39, 0.29) is 21.4 Å². The molecule has 5 nitrogen and oxygen atoms in total. The fraction of sp³-hybridized carbons (Fsp3) is 0. The summed E-state index contributed by atoms with van der Waals surface area (Å²) < 4.78 is 26.0. The Morgan fingerprint density at radius 1 is 1.14 bits per heavy atom. The Morgan fingerprint density at radius 3 is 2.48 bits per heavy atom. The second-order valence-electron chi connectivity index (χ2n) is 4.01. The number of hydrogen-bond donors (Lipinski definition) is 1. The van der Waals surface area contributed by atoms with Crippen LogP contribution in [-0.4, -0.2) is 10.8 Å². The van der Waals surface area contributed by atoms with Crippen molar-refractivity contribution in [1.82, 2.24) is 0 Å². The van der Waals surface area contributed by atoms with Crippen molar-refractivity contribution < 1.29 is 18.5 Å². The average Bonchev–Trinajstić information content (AvgIpc) is 2.43. The molecule has 2 rings (SSSR count). The number of hydrogen-bond acceptors (Lipinski definition) is 3. The molecule has 0 aliphatic heterocycles. The summed E-state index contributed by atoms with van der Waals surface area (Å²) in [6.45, 7) is 0. The minimum absolute atomic E-state index is 0.0228. The maximum atomic E-state index is 13.0. The molecule has 21 heavy (non-hydrogen) atoms. The fourth-order valence-corrected chi connectivity index (χ4v) is 1.96. The second kappa shape index (κ2) is 5.96. The molecule has 1 N–H and O–H groups in total. The van der Waals surface area contributed by atoms with Crippen molar-refractivity contribution in [3.05, 3.63) is 68.2 Å². The van der Waals surface area contributed by atoms with E-state index in [1.54, 1.807) is 0 Å². The van der Waals surface area contributed by atoms with E-state index in [1.807, 2.05) is 0 Å². The second-order valence-corrected chi connectivity index (χ2v) is 4.86. The molecule has 0 atom stereocenters. The monoisotopic (exact) mass is 356 g/mol. The summed E-state index contributed by atoms with van der Waals surface area (Å²) in [5.74, 6) is -2.81. The first-order valence-electron chi connectivity index (χ1n) is 5.59. The highest BCUT2D eigenvalue weighted by Crippen LogP contribution is 2.26. The van der Waals surface area contributed by atoms with Crippen molar-refractivity contribution in [2.45, 2.75) is 0 Å². The minimum Gasteiger partial charge on any atom is -0.322 e. The van der Waals surface area contributed by atoms with Crippen LogP contribution in [0.1, 0.15) is 10.4 Å². The van der Waals surface area contributed by atoms with Gasteiger partial charge in [-0.1, -0.05) is 0 Å². The molecule has 0 saturated heterocycles. The van der Waals surface area contributed by atoms with Crippen LogP contribution >= 0.6 is 15.9 Å². The number of benzene rings is 2. The van der Waals surface area contributed by atoms with E-state index in [0.29, 0.717) is 0 Å². The van der Waals surface area contributed by atoms with E-state index in [0.717, 1.165) is 18.2 Å². The molecule has 0 heterocycles. The summed E-state index contributed by atoms with van der Waals surface area (Å²) in [4.78, 5) is 22.1. The third kappa shape index (κ3) is 3.40. The summed E-state index contributed by atoms with van der Waals surface area (Å²) in [6.07, 6.45) is 0. The van der Waals surface area contributed by atoms with Crippen LogP contribution in [-0.2, 0) is 0 Å².